The topological polar surface area (TPSA) is 46.5 Å². The van der Waals surface area contributed by atoms with E-state index in [1.54, 1.807) is 0 Å². The van der Waals surface area contributed by atoms with E-state index in [0.717, 1.165) is 35.1 Å². The lowest BCUT2D eigenvalue weighted by atomic mass is 9.80. The van der Waals surface area contributed by atoms with Crippen LogP contribution in [0.2, 0.25) is 0 Å². The van der Waals surface area contributed by atoms with Crippen molar-refractivity contribution in [3.05, 3.63) is 28.3 Å². The monoisotopic (exact) mass is 334 g/mol. The molecule has 1 rings (SSSR count). The standard InChI is InChI=1S/C21H34O3/c1-9-13(2)10-11-24-20(23)16(5)17-12-18(21(6,7)8)19(22)15(4)14(17)3/h12-13,16,22H,9-11H2,1-8H3. The second-order valence-corrected chi connectivity index (χ2v) is 8.05. The highest BCUT2D eigenvalue weighted by Crippen LogP contribution is 2.38. The summed E-state index contributed by atoms with van der Waals surface area (Å²) in [5.74, 6) is 0.382. The molecule has 0 aliphatic carbocycles. The summed E-state index contributed by atoms with van der Waals surface area (Å²) in [5, 5.41) is 10.5. The van der Waals surface area contributed by atoms with Gasteiger partial charge in [-0.15, -0.1) is 0 Å². The van der Waals surface area contributed by atoms with Crippen molar-refractivity contribution in [2.45, 2.75) is 79.6 Å². The Morgan fingerprint density at radius 1 is 1.21 bits per heavy atom. The number of phenolic OH excluding ortho intramolecular Hbond substituents is 1. The van der Waals surface area contributed by atoms with Gasteiger partial charge in [0.05, 0.1) is 12.5 Å². The minimum absolute atomic E-state index is 0.183. The van der Waals surface area contributed by atoms with E-state index in [-0.39, 0.29) is 17.3 Å². The van der Waals surface area contributed by atoms with E-state index in [4.69, 9.17) is 4.74 Å². The summed E-state index contributed by atoms with van der Waals surface area (Å²) in [5.41, 5.74) is 3.45. The third-order valence-electron chi connectivity index (χ3n) is 5.09. The van der Waals surface area contributed by atoms with Crippen LogP contribution in [0.1, 0.15) is 82.6 Å². The summed E-state index contributed by atoms with van der Waals surface area (Å²) in [7, 11) is 0. The van der Waals surface area contributed by atoms with E-state index in [0.29, 0.717) is 18.3 Å². The minimum Gasteiger partial charge on any atom is -0.507 e. The van der Waals surface area contributed by atoms with Gasteiger partial charge in [0.25, 0.3) is 0 Å². The van der Waals surface area contributed by atoms with Gasteiger partial charge in [-0.3, -0.25) is 4.79 Å². The molecule has 0 aromatic heterocycles. The summed E-state index contributed by atoms with van der Waals surface area (Å²) < 4.78 is 5.48. The second kappa shape index (κ2) is 8.04. The van der Waals surface area contributed by atoms with Crippen molar-refractivity contribution in [1.29, 1.82) is 0 Å². The number of esters is 1. The van der Waals surface area contributed by atoms with Crippen LogP contribution in [0.15, 0.2) is 6.07 Å². The van der Waals surface area contributed by atoms with E-state index in [1.807, 2.05) is 26.8 Å². The fourth-order valence-electron chi connectivity index (χ4n) is 2.77. The first-order valence-electron chi connectivity index (χ1n) is 9.00. The molecule has 3 heteroatoms. The van der Waals surface area contributed by atoms with Crippen molar-refractivity contribution < 1.29 is 14.6 Å². The van der Waals surface area contributed by atoms with Crippen molar-refractivity contribution in [3.63, 3.8) is 0 Å². The molecule has 1 aromatic rings. The quantitative estimate of drug-likeness (QED) is 0.710. The van der Waals surface area contributed by atoms with E-state index in [9.17, 15) is 9.90 Å². The lowest BCUT2D eigenvalue weighted by molar-refractivity contribution is -0.145. The van der Waals surface area contributed by atoms with Crippen LogP contribution in [0.4, 0.5) is 0 Å². The summed E-state index contributed by atoms with van der Waals surface area (Å²) in [6.45, 7) is 16.7. The number of phenols is 1. The molecule has 0 radical (unpaired) electrons. The Bertz CT molecular complexity index is 582. The van der Waals surface area contributed by atoms with Crippen LogP contribution in [0.5, 0.6) is 5.75 Å². The SMILES string of the molecule is CCC(C)CCOC(=O)C(C)c1cc(C(C)(C)C)c(O)c(C)c1C. The molecule has 2 unspecified atom stereocenters. The van der Waals surface area contributed by atoms with Gasteiger partial charge in [-0.1, -0.05) is 47.1 Å². The van der Waals surface area contributed by atoms with Gasteiger partial charge in [-0.05, 0) is 60.8 Å². The number of benzene rings is 1. The van der Waals surface area contributed by atoms with E-state index in [1.165, 1.54) is 0 Å². The van der Waals surface area contributed by atoms with Gasteiger partial charge in [0.2, 0.25) is 0 Å². The molecule has 0 heterocycles. The second-order valence-electron chi connectivity index (χ2n) is 8.05. The first kappa shape index (κ1) is 20.5. The number of hydrogen-bond acceptors (Lipinski definition) is 3. The molecular weight excluding hydrogens is 300 g/mol. The van der Waals surface area contributed by atoms with Gasteiger partial charge in [-0.25, -0.2) is 0 Å². The highest BCUT2D eigenvalue weighted by Gasteiger charge is 2.26. The van der Waals surface area contributed by atoms with Gasteiger partial charge in [0, 0.05) is 0 Å². The molecule has 0 fully saturated rings. The van der Waals surface area contributed by atoms with Gasteiger partial charge in [0.15, 0.2) is 0 Å². The predicted molar refractivity (Wildman–Crippen MR) is 99.7 cm³/mol. The third-order valence-corrected chi connectivity index (χ3v) is 5.09. The van der Waals surface area contributed by atoms with Crippen LogP contribution in [0.25, 0.3) is 0 Å². The van der Waals surface area contributed by atoms with Crippen LogP contribution in [0.3, 0.4) is 0 Å². The molecule has 1 N–H and O–H groups in total. The zero-order valence-electron chi connectivity index (χ0n) is 16.6. The molecule has 0 bridgehead atoms. The Balaban J connectivity index is 3.04. The predicted octanol–water partition coefficient (Wildman–Crippen LogP) is 5.39. The average Bonchev–Trinajstić information content (AvgIpc) is 2.50. The molecule has 0 aliphatic rings. The Hall–Kier alpha value is -1.51. The minimum atomic E-state index is -0.331. The van der Waals surface area contributed by atoms with Crippen molar-refractivity contribution in [3.8, 4) is 5.75 Å². The largest absolute Gasteiger partial charge is 0.507 e. The maximum Gasteiger partial charge on any atom is 0.313 e. The molecule has 2 atom stereocenters. The zero-order chi connectivity index (χ0) is 18.7. The first-order chi connectivity index (χ1) is 11.0. The summed E-state index contributed by atoms with van der Waals surface area (Å²) in [6.07, 6.45) is 1.99. The lowest BCUT2D eigenvalue weighted by Gasteiger charge is -2.26. The fourth-order valence-corrected chi connectivity index (χ4v) is 2.77. The molecule has 0 saturated carbocycles. The smallest absolute Gasteiger partial charge is 0.313 e. The van der Waals surface area contributed by atoms with Gasteiger partial charge < -0.3 is 9.84 Å². The highest BCUT2D eigenvalue weighted by molar-refractivity contribution is 5.79. The molecule has 0 spiro atoms. The van der Waals surface area contributed by atoms with Crippen molar-refractivity contribution in [2.75, 3.05) is 6.61 Å². The molecule has 0 aliphatic heterocycles. The number of carbonyl (C=O) groups is 1. The Kier molecular flexibility index (Phi) is 6.88. The number of hydrogen-bond donors (Lipinski definition) is 1. The van der Waals surface area contributed by atoms with Crippen molar-refractivity contribution in [2.24, 2.45) is 5.92 Å². The molecule has 0 amide bonds. The number of rotatable bonds is 6. The molecule has 24 heavy (non-hydrogen) atoms. The van der Waals surface area contributed by atoms with Crippen LogP contribution in [-0.4, -0.2) is 17.7 Å². The summed E-state index contributed by atoms with van der Waals surface area (Å²) in [4.78, 5) is 12.4. The number of aromatic hydroxyl groups is 1. The Morgan fingerprint density at radius 3 is 2.29 bits per heavy atom. The number of ether oxygens (including phenoxy) is 1. The molecular formula is C21H34O3. The van der Waals surface area contributed by atoms with Gasteiger partial charge in [-0.2, -0.15) is 0 Å². The summed E-state index contributed by atoms with van der Waals surface area (Å²) in [6, 6.07) is 1.97. The van der Waals surface area contributed by atoms with E-state index < -0.39 is 0 Å². The molecule has 1 aromatic carbocycles. The summed E-state index contributed by atoms with van der Waals surface area (Å²) >= 11 is 0. The van der Waals surface area contributed by atoms with Crippen molar-refractivity contribution >= 4 is 5.97 Å². The molecule has 3 nitrogen and oxygen atoms in total. The Labute approximate surface area is 147 Å². The zero-order valence-corrected chi connectivity index (χ0v) is 16.6. The third kappa shape index (κ3) is 4.75. The first-order valence-corrected chi connectivity index (χ1v) is 9.00. The van der Waals surface area contributed by atoms with Crippen LogP contribution in [0, 0.1) is 19.8 Å². The fraction of sp³-hybridized carbons (Fsp3) is 0.667. The lowest BCUT2D eigenvalue weighted by Crippen LogP contribution is -2.19. The molecule has 0 saturated heterocycles. The van der Waals surface area contributed by atoms with Crippen LogP contribution < -0.4 is 0 Å². The van der Waals surface area contributed by atoms with Gasteiger partial charge >= 0.3 is 5.97 Å². The molecule has 136 valence electrons. The average molecular weight is 335 g/mol. The maximum absolute atomic E-state index is 12.4. The van der Waals surface area contributed by atoms with Gasteiger partial charge in [0.1, 0.15) is 5.75 Å². The van der Waals surface area contributed by atoms with Crippen LogP contribution >= 0.6 is 0 Å². The maximum atomic E-state index is 12.4. The number of carbonyl (C=O) groups excluding carboxylic acids is 1. The normalized spacial score (nSPS) is 14.3. The van der Waals surface area contributed by atoms with E-state index >= 15 is 0 Å². The highest BCUT2D eigenvalue weighted by atomic mass is 16.5. The van der Waals surface area contributed by atoms with Crippen molar-refractivity contribution in [1.82, 2.24) is 0 Å². The Morgan fingerprint density at radius 2 is 1.79 bits per heavy atom. The van der Waals surface area contributed by atoms with E-state index in [2.05, 4.69) is 34.6 Å². The van der Waals surface area contributed by atoms with Crippen LogP contribution in [-0.2, 0) is 14.9 Å².